The Morgan fingerprint density at radius 3 is 2.90 bits per heavy atom. The number of nitrogens with one attached hydrogen (secondary N) is 2. The van der Waals surface area contributed by atoms with Crippen LogP contribution < -0.4 is 10.6 Å². The van der Waals surface area contributed by atoms with Crippen LogP contribution in [-0.2, 0) is 16.1 Å². The molecule has 0 spiro atoms. The molecule has 1 amide bonds. The number of morpholine rings is 1. The summed E-state index contributed by atoms with van der Waals surface area (Å²) in [6.45, 7) is 4.12. The number of hydrogen-bond acceptors (Lipinski definition) is 4. The molecule has 1 saturated heterocycles. The predicted octanol–water partition coefficient (Wildman–Crippen LogP) is 0.876. The van der Waals surface area contributed by atoms with Gasteiger partial charge in [-0.05, 0) is 24.7 Å². The van der Waals surface area contributed by atoms with E-state index in [4.69, 9.17) is 16.3 Å². The van der Waals surface area contributed by atoms with Crippen molar-refractivity contribution in [3.8, 4) is 0 Å². The number of carbonyl (C=O) groups is 1. The lowest BCUT2D eigenvalue weighted by Crippen LogP contribution is -2.46. The molecule has 2 N–H and O–H groups in total. The average molecular weight is 312 g/mol. The zero-order valence-corrected chi connectivity index (χ0v) is 13.0. The van der Waals surface area contributed by atoms with Gasteiger partial charge in [0.1, 0.15) is 0 Å². The molecule has 0 bridgehead atoms. The van der Waals surface area contributed by atoms with E-state index in [0.29, 0.717) is 18.1 Å². The Hall–Kier alpha value is -1.14. The third-order valence-corrected chi connectivity index (χ3v) is 3.59. The monoisotopic (exact) mass is 311 g/mol. The molecule has 5 nitrogen and oxygen atoms in total. The molecule has 21 heavy (non-hydrogen) atoms. The molecule has 6 heteroatoms. The minimum absolute atomic E-state index is 0.0104. The number of carbonyl (C=O) groups excluding carboxylic acids is 1. The van der Waals surface area contributed by atoms with Crippen molar-refractivity contribution in [2.45, 2.75) is 12.6 Å². The van der Waals surface area contributed by atoms with E-state index in [9.17, 15) is 4.79 Å². The molecule has 0 aromatic heterocycles. The maximum absolute atomic E-state index is 11.9. The number of hydrogen-bond donors (Lipinski definition) is 2. The van der Waals surface area contributed by atoms with Gasteiger partial charge in [-0.2, -0.15) is 0 Å². The Morgan fingerprint density at radius 1 is 1.48 bits per heavy atom. The summed E-state index contributed by atoms with van der Waals surface area (Å²) < 4.78 is 5.62. The molecule has 0 saturated carbocycles. The Kier molecular flexibility index (Phi) is 6.45. The molecule has 116 valence electrons. The Morgan fingerprint density at radius 2 is 2.24 bits per heavy atom. The van der Waals surface area contributed by atoms with Crippen LogP contribution in [0.3, 0.4) is 0 Å². The van der Waals surface area contributed by atoms with Gasteiger partial charge in [-0.1, -0.05) is 23.7 Å². The van der Waals surface area contributed by atoms with Crippen LogP contribution >= 0.6 is 11.6 Å². The number of nitrogens with zero attached hydrogens (tertiary/aromatic N) is 1. The lowest BCUT2D eigenvalue weighted by molar-refractivity contribution is -0.122. The summed E-state index contributed by atoms with van der Waals surface area (Å²) >= 11 is 5.82. The summed E-state index contributed by atoms with van der Waals surface area (Å²) in [6.07, 6.45) is 0.160. The van der Waals surface area contributed by atoms with Crippen LogP contribution in [0.1, 0.15) is 5.56 Å². The molecular weight excluding hydrogens is 290 g/mol. The molecule has 1 atom stereocenters. The lowest BCUT2D eigenvalue weighted by atomic mass is 10.2. The van der Waals surface area contributed by atoms with Gasteiger partial charge in [0.2, 0.25) is 5.91 Å². The molecule has 1 aliphatic rings. The van der Waals surface area contributed by atoms with Gasteiger partial charge in [0.15, 0.2) is 0 Å². The highest BCUT2D eigenvalue weighted by Gasteiger charge is 2.16. The molecule has 1 aliphatic heterocycles. The summed E-state index contributed by atoms with van der Waals surface area (Å²) in [4.78, 5) is 13.9. The number of likely N-dealkylation sites (N-methyl/N-ethyl adjacent to an activating group) is 1. The average Bonchev–Trinajstić information content (AvgIpc) is 2.47. The fourth-order valence-electron chi connectivity index (χ4n) is 2.25. The van der Waals surface area contributed by atoms with E-state index >= 15 is 0 Å². The maximum Gasteiger partial charge on any atom is 0.234 e. The molecule has 1 aromatic carbocycles. The first-order valence-electron chi connectivity index (χ1n) is 7.15. The molecule has 2 rings (SSSR count). The second-order valence-electron chi connectivity index (χ2n) is 5.30. The SMILES string of the molecule is CN(CC(=O)NCc1ccc(Cl)cc1)CC1CNCCO1. The Bertz CT molecular complexity index is 447. The fourth-order valence-corrected chi connectivity index (χ4v) is 2.38. The quantitative estimate of drug-likeness (QED) is 0.819. The van der Waals surface area contributed by atoms with Crippen LogP contribution in [0.4, 0.5) is 0 Å². The normalized spacial score (nSPS) is 18.7. The largest absolute Gasteiger partial charge is 0.374 e. The summed E-state index contributed by atoms with van der Waals surface area (Å²) in [5, 5.41) is 6.89. The summed E-state index contributed by atoms with van der Waals surface area (Å²) in [5.74, 6) is 0.0104. The van der Waals surface area contributed by atoms with E-state index in [1.54, 1.807) is 0 Å². The fraction of sp³-hybridized carbons (Fsp3) is 0.533. The first-order valence-corrected chi connectivity index (χ1v) is 7.53. The van der Waals surface area contributed by atoms with Gasteiger partial charge >= 0.3 is 0 Å². The first kappa shape index (κ1) is 16.2. The van der Waals surface area contributed by atoms with Crippen LogP contribution in [0.15, 0.2) is 24.3 Å². The Balaban J connectivity index is 1.67. The van der Waals surface area contributed by atoms with Gasteiger partial charge in [0, 0.05) is 31.2 Å². The van der Waals surface area contributed by atoms with Crippen molar-refractivity contribution in [3.63, 3.8) is 0 Å². The number of halogens is 1. The number of amides is 1. The third-order valence-electron chi connectivity index (χ3n) is 3.34. The third kappa shape index (κ3) is 6.01. The van der Waals surface area contributed by atoms with E-state index in [1.165, 1.54) is 0 Å². The van der Waals surface area contributed by atoms with E-state index in [2.05, 4.69) is 10.6 Å². The zero-order valence-electron chi connectivity index (χ0n) is 12.3. The molecule has 0 aliphatic carbocycles. The summed E-state index contributed by atoms with van der Waals surface area (Å²) in [6, 6.07) is 7.47. The van der Waals surface area contributed by atoms with Crippen molar-refractivity contribution in [2.75, 3.05) is 39.8 Å². The molecule has 1 heterocycles. The van der Waals surface area contributed by atoms with Crippen molar-refractivity contribution in [3.05, 3.63) is 34.9 Å². The van der Waals surface area contributed by atoms with E-state index in [-0.39, 0.29) is 12.0 Å². The van der Waals surface area contributed by atoms with Crippen molar-refractivity contribution >= 4 is 17.5 Å². The van der Waals surface area contributed by atoms with E-state index in [0.717, 1.165) is 31.8 Å². The number of benzene rings is 1. The second kappa shape index (κ2) is 8.34. The molecule has 1 aromatic rings. The highest BCUT2D eigenvalue weighted by molar-refractivity contribution is 6.30. The van der Waals surface area contributed by atoms with Crippen molar-refractivity contribution in [2.24, 2.45) is 0 Å². The van der Waals surface area contributed by atoms with Gasteiger partial charge in [0.25, 0.3) is 0 Å². The number of rotatable bonds is 6. The van der Waals surface area contributed by atoms with Crippen molar-refractivity contribution in [1.82, 2.24) is 15.5 Å². The minimum Gasteiger partial charge on any atom is -0.374 e. The lowest BCUT2D eigenvalue weighted by Gasteiger charge is -2.27. The van der Waals surface area contributed by atoms with Gasteiger partial charge in [0.05, 0.1) is 19.3 Å². The first-order chi connectivity index (χ1) is 10.1. The number of ether oxygens (including phenoxy) is 1. The molecule has 1 fully saturated rings. The molecular formula is C15H22ClN3O2. The zero-order chi connectivity index (χ0) is 15.1. The molecule has 1 unspecified atom stereocenters. The second-order valence-corrected chi connectivity index (χ2v) is 5.73. The highest BCUT2D eigenvalue weighted by Crippen LogP contribution is 2.09. The highest BCUT2D eigenvalue weighted by atomic mass is 35.5. The summed E-state index contributed by atoms with van der Waals surface area (Å²) in [5.41, 5.74) is 1.04. The Labute approximate surface area is 130 Å². The van der Waals surface area contributed by atoms with Crippen LogP contribution in [0.25, 0.3) is 0 Å². The molecule has 0 radical (unpaired) electrons. The van der Waals surface area contributed by atoms with Crippen LogP contribution in [0, 0.1) is 0 Å². The van der Waals surface area contributed by atoms with Gasteiger partial charge in [-0.25, -0.2) is 0 Å². The standard InChI is InChI=1S/C15H22ClN3O2/c1-19(10-14-9-17-6-7-21-14)11-15(20)18-8-12-2-4-13(16)5-3-12/h2-5,14,17H,6-11H2,1H3,(H,18,20). The van der Waals surface area contributed by atoms with Crippen LogP contribution in [-0.4, -0.2) is 56.7 Å². The van der Waals surface area contributed by atoms with Crippen LogP contribution in [0.5, 0.6) is 0 Å². The topological polar surface area (TPSA) is 53.6 Å². The smallest absolute Gasteiger partial charge is 0.234 e. The van der Waals surface area contributed by atoms with E-state index in [1.807, 2.05) is 36.2 Å². The minimum atomic E-state index is 0.0104. The van der Waals surface area contributed by atoms with Gasteiger partial charge in [-0.3, -0.25) is 9.69 Å². The van der Waals surface area contributed by atoms with Gasteiger partial charge < -0.3 is 15.4 Å². The predicted molar refractivity (Wildman–Crippen MR) is 83.4 cm³/mol. The van der Waals surface area contributed by atoms with Crippen molar-refractivity contribution in [1.29, 1.82) is 0 Å². The van der Waals surface area contributed by atoms with Crippen LogP contribution in [0.2, 0.25) is 5.02 Å². The summed E-state index contributed by atoms with van der Waals surface area (Å²) in [7, 11) is 1.93. The van der Waals surface area contributed by atoms with E-state index < -0.39 is 0 Å². The van der Waals surface area contributed by atoms with Gasteiger partial charge in [-0.15, -0.1) is 0 Å². The maximum atomic E-state index is 11.9. The van der Waals surface area contributed by atoms with Crippen molar-refractivity contribution < 1.29 is 9.53 Å².